The SMILES string of the molecule is COc1cc2c(cc1OC)C1=NOC(CO)C1CO2. The van der Waals surface area contributed by atoms with Crippen LogP contribution in [-0.4, -0.2) is 44.4 Å². The van der Waals surface area contributed by atoms with Crippen LogP contribution in [0.2, 0.25) is 0 Å². The van der Waals surface area contributed by atoms with E-state index in [1.165, 1.54) is 0 Å². The molecule has 0 fully saturated rings. The van der Waals surface area contributed by atoms with Crippen LogP contribution in [0.4, 0.5) is 0 Å². The van der Waals surface area contributed by atoms with Gasteiger partial charge in [-0.15, -0.1) is 0 Å². The van der Waals surface area contributed by atoms with Crippen LogP contribution >= 0.6 is 0 Å². The van der Waals surface area contributed by atoms with Gasteiger partial charge in [-0.1, -0.05) is 5.16 Å². The van der Waals surface area contributed by atoms with Crippen molar-refractivity contribution in [1.29, 1.82) is 0 Å². The molecule has 19 heavy (non-hydrogen) atoms. The van der Waals surface area contributed by atoms with Gasteiger partial charge in [-0.05, 0) is 6.07 Å². The maximum absolute atomic E-state index is 9.24. The fourth-order valence-corrected chi connectivity index (χ4v) is 2.40. The molecule has 1 N–H and O–H groups in total. The van der Waals surface area contributed by atoms with Crippen LogP contribution in [0, 0.1) is 5.92 Å². The Hall–Kier alpha value is -1.95. The van der Waals surface area contributed by atoms with Crippen LogP contribution in [0.5, 0.6) is 17.2 Å². The maximum Gasteiger partial charge on any atom is 0.164 e. The Morgan fingerprint density at radius 1 is 1.32 bits per heavy atom. The Morgan fingerprint density at radius 3 is 2.74 bits per heavy atom. The summed E-state index contributed by atoms with van der Waals surface area (Å²) in [7, 11) is 3.16. The first-order chi connectivity index (χ1) is 9.28. The topological polar surface area (TPSA) is 69.5 Å². The van der Waals surface area contributed by atoms with Crippen molar-refractivity contribution in [2.45, 2.75) is 6.10 Å². The zero-order chi connectivity index (χ0) is 13.4. The molecule has 2 unspecified atom stereocenters. The zero-order valence-corrected chi connectivity index (χ0v) is 10.8. The molecule has 0 amide bonds. The van der Waals surface area contributed by atoms with Gasteiger partial charge >= 0.3 is 0 Å². The summed E-state index contributed by atoms with van der Waals surface area (Å²) in [4.78, 5) is 5.22. The number of aliphatic hydroxyl groups is 1. The van der Waals surface area contributed by atoms with E-state index in [9.17, 15) is 5.11 Å². The summed E-state index contributed by atoms with van der Waals surface area (Å²) >= 11 is 0. The van der Waals surface area contributed by atoms with Crippen LogP contribution in [0.1, 0.15) is 5.56 Å². The van der Waals surface area contributed by atoms with Gasteiger partial charge in [0.25, 0.3) is 0 Å². The summed E-state index contributed by atoms with van der Waals surface area (Å²) in [6, 6.07) is 3.60. The van der Waals surface area contributed by atoms with Gasteiger partial charge in [-0.2, -0.15) is 0 Å². The molecule has 102 valence electrons. The third-order valence-electron chi connectivity index (χ3n) is 3.45. The third-order valence-corrected chi connectivity index (χ3v) is 3.45. The average molecular weight is 265 g/mol. The van der Waals surface area contributed by atoms with Crippen LogP contribution in [0.25, 0.3) is 0 Å². The number of methoxy groups -OCH3 is 2. The van der Waals surface area contributed by atoms with Gasteiger partial charge in [-0.25, -0.2) is 0 Å². The highest BCUT2D eigenvalue weighted by Gasteiger charge is 2.40. The van der Waals surface area contributed by atoms with Gasteiger partial charge in [0.1, 0.15) is 18.1 Å². The Labute approximate surface area is 110 Å². The van der Waals surface area contributed by atoms with E-state index in [0.717, 1.165) is 11.3 Å². The van der Waals surface area contributed by atoms with Crippen molar-refractivity contribution >= 4 is 5.71 Å². The molecule has 0 saturated carbocycles. The van der Waals surface area contributed by atoms with Gasteiger partial charge in [-0.3, -0.25) is 0 Å². The number of nitrogens with zero attached hydrogens (tertiary/aromatic N) is 1. The summed E-state index contributed by atoms with van der Waals surface area (Å²) in [6.45, 7) is 0.357. The molecule has 2 heterocycles. The van der Waals surface area contributed by atoms with Gasteiger partial charge in [0.05, 0.1) is 26.7 Å². The Balaban J connectivity index is 2.04. The number of benzene rings is 1. The molecule has 1 aromatic carbocycles. The summed E-state index contributed by atoms with van der Waals surface area (Å²) in [5.41, 5.74) is 1.62. The second-order valence-electron chi connectivity index (χ2n) is 4.42. The van der Waals surface area contributed by atoms with Crippen molar-refractivity contribution in [1.82, 2.24) is 0 Å². The molecule has 0 spiro atoms. The third kappa shape index (κ3) is 1.79. The van der Waals surface area contributed by atoms with Crippen molar-refractivity contribution < 1.29 is 24.2 Å². The lowest BCUT2D eigenvalue weighted by Crippen LogP contribution is -2.35. The predicted molar refractivity (Wildman–Crippen MR) is 67.0 cm³/mol. The summed E-state index contributed by atoms with van der Waals surface area (Å²) < 4.78 is 16.2. The molecule has 2 aliphatic heterocycles. The number of ether oxygens (including phenoxy) is 3. The lowest BCUT2D eigenvalue weighted by molar-refractivity contribution is 0.00845. The fourth-order valence-electron chi connectivity index (χ4n) is 2.40. The second-order valence-corrected chi connectivity index (χ2v) is 4.42. The first kappa shape index (κ1) is 12.1. The monoisotopic (exact) mass is 265 g/mol. The van der Waals surface area contributed by atoms with Crippen LogP contribution in [0.3, 0.4) is 0 Å². The van der Waals surface area contributed by atoms with Crippen molar-refractivity contribution in [2.75, 3.05) is 27.4 Å². The van der Waals surface area contributed by atoms with Crippen LogP contribution < -0.4 is 14.2 Å². The minimum Gasteiger partial charge on any atom is -0.493 e. The molecule has 2 atom stereocenters. The summed E-state index contributed by atoms with van der Waals surface area (Å²) in [6.07, 6.45) is -0.337. The quantitative estimate of drug-likeness (QED) is 0.875. The van der Waals surface area contributed by atoms with E-state index in [0.29, 0.717) is 23.9 Å². The lowest BCUT2D eigenvalue weighted by atomic mass is 9.90. The number of hydrogen-bond donors (Lipinski definition) is 1. The highest BCUT2D eigenvalue weighted by molar-refractivity contribution is 6.06. The first-order valence-electron chi connectivity index (χ1n) is 6.02. The Morgan fingerprint density at radius 2 is 2.05 bits per heavy atom. The Bertz CT molecular complexity index is 528. The van der Waals surface area contributed by atoms with Gasteiger partial charge in [0, 0.05) is 11.6 Å². The molecule has 0 bridgehead atoms. The molecule has 1 aromatic rings. The molecule has 3 rings (SSSR count). The van der Waals surface area contributed by atoms with E-state index >= 15 is 0 Å². The largest absolute Gasteiger partial charge is 0.493 e. The van der Waals surface area contributed by atoms with Crippen molar-refractivity contribution in [3.63, 3.8) is 0 Å². The number of fused-ring (bicyclic) bond motifs is 3. The second kappa shape index (κ2) is 4.62. The molecular weight excluding hydrogens is 250 g/mol. The first-order valence-corrected chi connectivity index (χ1v) is 6.02. The fraction of sp³-hybridized carbons (Fsp3) is 0.462. The van der Waals surface area contributed by atoms with Crippen molar-refractivity contribution in [3.05, 3.63) is 17.7 Å². The standard InChI is InChI=1S/C13H15NO5/c1-16-10-3-7-9(4-11(10)17-2)18-6-8-12(5-15)19-14-13(7)8/h3-4,8,12,15H,5-6H2,1-2H3. The van der Waals surface area contributed by atoms with Crippen molar-refractivity contribution in [2.24, 2.45) is 11.1 Å². The van der Waals surface area contributed by atoms with E-state index < -0.39 is 0 Å². The minimum atomic E-state index is -0.337. The van der Waals surface area contributed by atoms with E-state index in [1.54, 1.807) is 20.3 Å². The molecule has 2 aliphatic rings. The molecule has 6 heteroatoms. The number of oxime groups is 1. The molecular formula is C13H15NO5. The summed E-state index contributed by atoms with van der Waals surface area (Å²) in [5.74, 6) is 1.86. The van der Waals surface area contributed by atoms with E-state index in [1.807, 2.05) is 6.07 Å². The minimum absolute atomic E-state index is 0.0457. The zero-order valence-electron chi connectivity index (χ0n) is 10.8. The number of aliphatic hydroxyl groups excluding tert-OH is 1. The number of hydrogen-bond acceptors (Lipinski definition) is 6. The van der Waals surface area contributed by atoms with Gasteiger partial charge < -0.3 is 24.2 Å². The van der Waals surface area contributed by atoms with E-state index in [-0.39, 0.29) is 18.6 Å². The molecule has 0 saturated heterocycles. The van der Waals surface area contributed by atoms with Gasteiger partial charge in [0.15, 0.2) is 17.6 Å². The smallest absolute Gasteiger partial charge is 0.164 e. The highest BCUT2D eigenvalue weighted by Crippen LogP contribution is 2.40. The normalized spacial score (nSPS) is 23.6. The predicted octanol–water partition coefficient (Wildman–Crippen LogP) is 0.808. The molecule has 6 nitrogen and oxygen atoms in total. The highest BCUT2D eigenvalue weighted by atomic mass is 16.7. The molecule has 0 aliphatic carbocycles. The number of rotatable bonds is 3. The van der Waals surface area contributed by atoms with E-state index in [2.05, 4.69) is 5.16 Å². The lowest BCUT2D eigenvalue weighted by Gasteiger charge is -2.25. The van der Waals surface area contributed by atoms with E-state index in [4.69, 9.17) is 19.0 Å². The maximum atomic E-state index is 9.24. The average Bonchev–Trinajstić information content (AvgIpc) is 2.88. The van der Waals surface area contributed by atoms with Crippen LogP contribution in [-0.2, 0) is 4.84 Å². The molecule has 0 radical (unpaired) electrons. The Kier molecular flexibility index (Phi) is 2.94. The van der Waals surface area contributed by atoms with Gasteiger partial charge in [0.2, 0.25) is 0 Å². The summed E-state index contributed by atoms with van der Waals surface area (Å²) in [5, 5.41) is 13.3. The van der Waals surface area contributed by atoms with Crippen molar-refractivity contribution in [3.8, 4) is 17.2 Å². The molecule has 0 aromatic heterocycles. The van der Waals surface area contributed by atoms with Crippen LogP contribution in [0.15, 0.2) is 17.3 Å².